The van der Waals surface area contributed by atoms with E-state index in [-0.39, 0.29) is 11.3 Å². The second kappa shape index (κ2) is 7.08. The third-order valence-corrected chi connectivity index (χ3v) is 4.11. The average molecular weight is 320 g/mol. The number of carbonyl (C=O) groups is 1. The van der Waals surface area contributed by atoms with Gasteiger partial charge in [-0.1, -0.05) is 6.92 Å². The first kappa shape index (κ1) is 16.0. The van der Waals surface area contributed by atoms with Crippen LogP contribution in [0.1, 0.15) is 29.4 Å². The standard InChI is InChI=1S/C14H16N4O3S/c1-3-6-22-12-5-4-10(18(20)21)8-11(12)14(19)15-13-7-9(2)16-17-13/h4-5,7-8H,3,6H2,1-2H3,(H2,15,16,17,19). The van der Waals surface area contributed by atoms with E-state index in [4.69, 9.17) is 0 Å². The Balaban J connectivity index is 2.30. The van der Waals surface area contributed by atoms with Crippen LogP contribution >= 0.6 is 11.8 Å². The van der Waals surface area contributed by atoms with Crippen molar-refractivity contribution in [3.8, 4) is 0 Å². The van der Waals surface area contributed by atoms with E-state index in [0.29, 0.717) is 5.82 Å². The first-order valence-electron chi connectivity index (χ1n) is 6.76. The summed E-state index contributed by atoms with van der Waals surface area (Å²) >= 11 is 1.50. The highest BCUT2D eigenvalue weighted by molar-refractivity contribution is 7.99. The second-order valence-electron chi connectivity index (χ2n) is 4.68. The van der Waals surface area contributed by atoms with Crippen molar-refractivity contribution in [2.24, 2.45) is 0 Å². The minimum atomic E-state index is -0.510. The Hall–Kier alpha value is -2.35. The van der Waals surface area contributed by atoms with E-state index in [2.05, 4.69) is 15.5 Å². The molecule has 0 atom stereocenters. The number of thioether (sulfide) groups is 1. The van der Waals surface area contributed by atoms with Gasteiger partial charge in [-0.2, -0.15) is 5.10 Å². The van der Waals surface area contributed by atoms with Gasteiger partial charge in [0.1, 0.15) is 0 Å². The minimum absolute atomic E-state index is 0.107. The van der Waals surface area contributed by atoms with Gasteiger partial charge in [-0.05, 0) is 25.2 Å². The number of aromatic amines is 1. The summed E-state index contributed by atoms with van der Waals surface area (Å²) in [4.78, 5) is 23.5. The third kappa shape index (κ3) is 3.85. The molecule has 2 aromatic rings. The molecule has 1 heterocycles. The summed E-state index contributed by atoms with van der Waals surface area (Å²) in [7, 11) is 0. The Morgan fingerprint density at radius 3 is 2.82 bits per heavy atom. The molecule has 0 bridgehead atoms. The molecule has 0 aliphatic carbocycles. The molecule has 0 aliphatic heterocycles. The predicted octanol–water partition coefficient (Wildman–Crippen LogP) is 3.38. The number of aryl methyl sites for hydroxylation is 1. The number of non-ortho nitro benzene ring substituents is 1. The third-order valence-electron chi connectivity index (χ3n) is 2.83. The van der Waals surface area contributed by atoms with Gasteiger partial charge in [0.25, 0.3) is 11.6 Å². The molecule has 8 heteroatoms. The van der Waals surface area contributed by atoms with Crippen LogP contribution in [0.3, 0.4) is 0 Å². The summed E-state index contributed by atoms with van der Waals surface area (Å²) in [5, 5.41) is 20.2. The van der Waals surface area contributed by atoms with Crippen LogP contribution in [-0.4, -0.2) is 26.8 Å². The van der Waals surface area contributed by atoms with E-state index in [9.17, 15) is 14.9 Å². The summed E-state index contributed by atoms with van der Waals surface area (Å²) in [6.07, 6.45) is 0.946. The number of hydrogen-bond donors (Lipinski definition) is 2. The second-order valence-corrected chi connectivity index (χ2v) is 5.81. The normalized spacial score (nSPS) is 10.5. The maximum atomic E-state index is 12.4. The van der Waals surface area contributed by atoms with E-state index in [1.807, 2.05) is 13.8 Å². The number of nitrogens with zero attached hydrogens (tertiary/aromatic N) is 2. The number of hydrogen-bond acceptors (Lipinski definition) is 5. The highest BCUT2D eigenvalue weighted by atomic mass is 32.2. The van der Waals surface area contributed by atoms with Crippen molar-refractivity contribution in [1.82, 2.24) is 10.2 Å². The highest BCUT2D eigenvalue weighted by Crippen LogP contribution is 2.28. The average Bonchev–Trinajstić information content (AvgIpc) is 2.89. The van der Waals surface area contributed by atoms with Crippen molar-refractivity contribution in [1.29, 1.82) is 0 Å². The number of amides is 1. The zero-order valence-electron chi connectivity index (χ0n) is 12.3. The SMILES string of the molecule is CCCSc1ccc([N+](=O)[O-])cc1C(=O)Nc1cc(C)[nH]n1. The number of H-pyrrole nitrogens is 1. The van der Waals surface area contributed by atoms with Crippen LogP contribution in [0.15, 0.2) is 29.2 Å². The molecule has 0 fully saturated rings. The molecule has 1 aromatic heterocycles. The number of benzene rings is 1. The molecule has 2 rings (SSSR count). The monoisotopic (exact) mass is 320 g/mol. The molecular weight excluding hydrogens is 304 g/mol. The van der Waals surface area contributed by atoms with Crippen molar-refractivity contribution in [2.45, 2.75) is 25.2 Å². The molecule has 22 heavy (non-hydrogen) atoms. The smallest absolute Gasteiger partial charge is 0.270 e. The van der Waals surface area contributed by atoms with Crippen molar-refractivity contribution in [2.75, 3.05) is 11.1 Å². The number of nitro benzene ring substituents is 1. The molecule has 0 unspecified atom stereocenters. The number of rotatable bonds is 6. The van der Waals surface area contributed by atoms with Crippen LogP contribution in [0.5, 0.6) is 0 Å². The van der Waals surface area contributed by atoms with Crippen LogP contribution in [0.4, 0.5) is 11.5 Å². The van der Waals surface area contributed by atoms with E-state index in [1.54, 1.807) is 12.1 Å². The molecule has 0 aliphatic rings. The van der Waals surface area contributed by atoms with Gasteiger partial charge in [0.05, 0.1) is 10.5 Å². The largest absolute Gasteiger partial charge is 0.305 e. The number of aromatic nitrogens is 2. The lowest BCUT2D eigenvalue weighted by Gasteiger charge is -2.08. The lowest BCUT2D eigenvalue weighted by atomic mass is 10.2. The minimum Gasteiger partial charge on any atom is -0.305 e. The maximum Gasteiger partial charge on any atom is 0.270 e. The van der Waals surface area contributed by atoms with Gasteiger partial charge in [-0.15, -0.1) is 11.8 Å². The summed E-state index contributed by atoms with van der Waals surface area (Å²) in [5.41, 5.74) is 0.993. The number of nitro groups is 1. The summed E-state index contributed by atoms with van der Waals surface area (Å²) in [6, 6.07) is 6.01. The van der Waals surface area contributed by atoms with Crippen LogP contribution in [0.25, 0.3) is 0 Å². The van der Waals surface area contributed by atoms with Gasteiger partial charge < -0.3 is 5.32 Å². The van der Waals surface area contributed by atoms with E-state index in [1.165, 1.54) is 23.9 Å². The van der Waals surface area contributed by atoms with E-state index >= 15 is 0 Å². The Morgan fingerprint density at radius 2 is 2.23 bits per heavy atom. The van der Waals surface area contributed by atoms with Gasteiger partial charge in [-0.3, -0.25) is 20.0 Å². The van der Waals surface area contributed by atoms with Crippen molar-refractivity contribution < 1.29 is 9.72 Å². The summed E-state index contributed by atoms with van der Waals surface area (Å²) in [6.45, 7) is 3.85. The fraction of sp³-hybridized carbons (Fsp3) is 0.286. The Labute approximate surface area is 131 Å². The highest BCUT2D eigenvalue weighted by Gasteiger charge is 2.17. The molecule has 7 nitrogen and oxygen atoms in total. The van der Waals surface area contributed by atoms with E-state index < -0.39 is 10.8 Å². The van der Waals surface area contributed by atoms with Crippen molar-refractivity contribution >= 4 is 29.2 Å². The lowest BCUT2D eigenvalue weighted by Crippen LogP contribution is -2.13. The summed E-state index contributed by atoms with van der Waals surface area (Å²) < 4.78 is 0. The number of carbonyl (C=O) groups excluding carboxylic acids is 1. The van der Waals surface area contributed by atoms with Crippen molar-refractivity contribution in [3.05, 3.63) is 45.6 Å². The molecule has 0 saturated carbocycles. The quantitative estimate of drug-likeness (QED) is 0.482. The van der Waals surface area contributed by atoms with Crippen LogP contribution in [0, 0.1) is 17.0 Å². The molecule has 0 spiro atoms. The van der Waals surface area contributed by atoms with Crippen LogP contribution < -0.4 is 5.32 Å². The molecule has 2 N–H and O–H groups in total. The topological polar surface area (TPSA) is 101 Å². The Kier molecular flexibility index (Phi) is 5.16. The van der Waals surface area contributed by atoms with Crippen LogP contribution in [-0.2, 0) is 0 Å². The molecule has 1 amide bonds. The molecule has 1 aromatic carbocycles. The molecule has 0 saturated heterocycles. The first-order chi connectivity index (χ1) is 10.5. The number of anilines is 1. The Bertz CT molecular complexity index is 699. The fourth-order valence-electron chi connectivity index (χ4n) is 1.81. The zero-order chi connectivity index (χ0) is 16.1. The number of nitrogens with one attached hydrogen (secondary N) is 2. The van der Waals surface area contributed by atoms with Gasteiger partial charge in [0.15, 0.2) is 5.82 Å². The first-order valence-corrected chi connectivity index (χ1v) is 7.74. The van der Waals surface area contributed by atoms with E-state index in [0.717, 1.165) is 22.8 Å². The summed E-state index contributed by atoms with van der Waals surface area (Å²) in [5.74, 6) is 0.814. The van der Waals surface area contributed by atoms with Crippen molar-refractivity contribution in [3.63, 3.8) is 0 Å². The maximum absolute atomic E-state index is 12.4. The Morgan fingerprint density at radius 1 is 1.45 bits per heavy atom. The molecule has 0 radical (unpaired) electrons. The van der Waals surface area contributed by atoms with Gasteiger partial charge >= 0.3 is 0 Å². The molecule has 116 valence electrons. The van der Waals surface area contributed by atoms with Gasteiger partial charge in [0.2, 0.25) is 0 Å². The zero-order valence-corrected chi connectivity index (χ0v) is 13.1. The van der Waals surface area contributed by atoms with Crippen LogP contribution in [0.2, 0.25) is 0 Å². The predicted molar refractivity (Wildman–Crippen MR) is 85.4 cm³/mol. The lowest BCUT2D eigenvalue weighted by molar-refractivity contribution is -0.384. The molecular formula is C14H16N4O3S. The van der Waals surface area contributed by atoms with Gasteiger partial charge in [0, 0.05) is 28.8 Å². The fourth-order valence-corrected chi connectivity index (χ4v) is 2.71. The van der Waals surface area contributed by atoms with Gasteiger partial charge in [-0.25, -0.2) is 0 Å².